The Hall–Kier alpha value is -0.490. The maximum atomic E-state index is 5.51. The van der Waals surface area contributed by atoms with E-state index in [2.05, 4.69) is 27.5 Å². The molecule has 1 fully saturated rings. The molecule has 1 saturated heterocycles. The first-order valence-electron chi connectivity index (χ1n) is 5.67. The Morgan fingerprint density at radius 1 is 1.69 bits per heavy atom. The number of thiazole rings is 1. The number of hydrogen-bond donors (Lipinski definition) is 1. The van der Waals surface area contributed by atoms with Crippen molar-refractivity contribution < 1.29 is 4.74 Å². The second-order valence-corrected chi connectivity index (χ2v) is 5.18. The number of aromatic nitrogens is 1. The van der Waals surface area contributed by atoms with Crippen LogP contribution in [0.15, 0.2) is 5.38 Å². The lowest BCUT2D eigenvalue weighted by atomic mass is 10.2. The first kappa shape index (κ1) is 12.0. The van der Waals surface area contributed by atoms with Crippen LogP contribution in [0.3, 0.4) is 0 Å². The third-order valence-corrected chi connectivity index (χ3v) is 3.64. The lowest BCUT2D eigenvalue weighted by Crippen LogP contribution is -2.49. The topological polar surface area (TPSA) is 37.4 Å². The molecule has 5 heteroatoms. The molecule has 1 unspecified atom stereocenters. The summed E-state index contributed by atoms with van der Waals surface area (Å²) in [7, 11) is 1.99. The van der Waals surface area contributed by atoms with Crippen molar-refractivity contribution >= 4 is 11.3 Å². The molecule has 1 aliphatic heterocycles. The lowest BCUT2D eigenvalue weighted by molar-refractivity contribution is -0.0108. The van der Waals surface area contributed by atoms with Crippen molar-refractivity contribution in [3.05, 3.63) is 16.1 Å². The van der Waals surface area contributed by atoms with Gasteiger partial charge in [0.2, 0.25) is 0 Å². The summed E-state index contributed by atoms with van der Waals surface area (Å²) < 4.78 is 5.51. The summed E-state index contributed by atoms with van der Waals surface area (Å²) in [5, 5.41) is 6.52. The number of likely N-dealkylation sites (N-methyl/N-ethyl adjacent to an activating group) is 1. The molecule has 16 heavy (non-hydrogen) atoms. The van der Waals surface area contributed by atoms with Gasteiger partial charge in [0.1, 0.15) is 0 Å². The van der Waals surface area contributed by atoms with Crippen LogP contribution < -0.4 is 5.32 Å². The quantitative estimate of drug-likeness (QED) is 0.849. The molecule has 4 nitrogen and oxygen atoms in total. The van der Waals surface area contributed by atoms with Crippen LogP contribution in [0.5, 0.6) is 0 Å². The number of aryl methyl sites for hydroxylation is 1. The fourth-order valence-electron chi connectivity index (χ4n) is 2.01. The van der Waals surface area contributed by atoms with E-state index in [9.17, 15) is 0 Å². The first-order valence-corrected chi connectivity index (χ1v) is 6.55. The van der Waals surface area contributed by atoms with E-state index in [0.717, 1.165) is 37.9 Å². The SMILES string of the molecule is CNCC1COCCN1Cc1csc(C)n1. The highest BCUT2D eigenvalue weighted by Gasteiger charge is 2.22. The average molecular weight is 241 g/mol. The molecule has 2 heterocycles. The minimum Gasteiger partial charge on any atom is -0.378 e. The first-order chi connectivity index (χ1) is 7.79. The second kappa shape index (κ2) is 5.72. The van der Waals surface area contributed by atoms with Gasteiger partial charge in [0, 0.05) is 31.1 Å². The summed E-state index contributed by atoms with van der Waals surface area (Å²) in [6, 6.07) is 0.473. The molecule has 1 atom stereocenters. The predicted molar refractivity (Wildman–Crippen MR) is 65.8 cm³/mol. The van der Waals surface area contributed by atoms with Crippen LogP contribution in [0, 0.1) is 6.92 Å². The second-order valence-electron chi connectivity index (χ2n) is 4.11. The molecular weight excluding hydrogens is 222 g/mol. The summed E-state index contributed by atoms with van der Waals surface area (Å²) >= 11 is 1.72. The summed E-state index contributed by atoms with van der Waals surface area (Å²) in [5.74, 6) is 0. The summed E-state index contributed by atoms with van der Waals surface area (Å²) in [5.41, 5.74) is 1.19. The summed E-state index contributed by atoms with van der Waals surface area (Å²) in [6.07, 6.45) is 0. The highest BCUT2D eigenvalue weighted by atomic mass is 32.1. The van der Waals surface area contributed by atoms with Crippen LogP contribution in [0.4, 0.5) is 0 Å². The van der Waals surface area contributed by atoms with Crippen molar-refractivity contribution in [1.82, 2.24) is 15.2 Å². The van der Waals surface area contributed by atoms with Crippen molar-refractivity contribution in [2.45, 2.75) is 19.5 Å². The number of morpholine rings is 1. The molecular formula is C11H19N3OS. The van der Waals surface area contributed by atoms with Gasteiger partial charge in [-0.3, -0.25) is 4.90 Å². The molecule has 0 bridgehead atoms. The van der Waals surface area contributed by atoms with Crippen LogP contribution in [-0.2, 0) is 11.3 Å². The molecule has 0 radical (unpaired) electrons. The van der Waals surface area contributed by atoms with Crippen LogP contribution in [-0.4, -0.2) is 49.3 Å². The Bertz CT molecular complexity index is 327. The smallest absolute Gasteiger partial charge is 0.0897 e. The number of nitrogens with zero attached hydrogens (tertiary/aromatic N) is 2. The molecule has 0 amide bonds. The molecule has 90 valence electrons. The predicted octanol–water partition coefficient (Wildman–Crippen LogP) is 0.872. The molecule has 0 spiro atoms. The Kier molecular flexibility index (Phi) is 4.29. The standard InChI is InChI=1S/C11H19N3OS/c1-9-13-10(8-16-9)6-14-3-4-15-7-11(14)5-12-2/h8,11-12H,3-7H2,1-2H3. The van der Waals surface area contributed by atoms with Gasteiger partial charge in [0.15, 0.2) is 0 Å². The number of hydrogen-bond acceptors (Lipinski definition) is 5. The van der Waals surface area contributed by atoms with E-state index in [0.29, 0.717) is 6.04 Å². The molecule has 1 N–H and O–H groups in total. The maximum absolute atomic E-state index is 5.51. The van der Waals surface area contributed by atoms with E-state index in [1.807, 2.05) is 7.05 Å². The number of rotatable bonds is 4. The van der Waals surface area contributed by atoms with Gasteiger partial charge in [-0.15, -0.1) is 11.3 Å². The van der Waals surface area contributed by atoms with E-state index in [1.165, 1.54) is 5.69 Å². The van der Waals surface area contributed by atoms with Crippen LogP contribution in [0.2, 0.25) is 0 Å². The van der Waals surface area contributed by atoms with Crippen molar-refractivity contribution in [3.8, 4) is 0 Å². The minimum atomic E-state index is 0.473. The largest absolute Gasteiger partial charge is 0.378 e. The number of ether oxygens (including phenoxy) is 1. The van der Waals surface area contributed by atoms with E-state index in [-0.39, 0.29) is 0 Å². The van der Waals surface area contributed by atoms with Crippen LogP contribution >= 0.6 is 11.3 Å². The fraction of sp³-hybridized carbons (Fsp3) is 0.727. The maximum Gasteiger partial charge on any atom is 0.0897 e. The van der Waals surface area contributed by atoms with Crippen molar-refractivity contribution in [2.24, 2.45) is 0 Å². The fourth-order valence-corrected chi connectivity index (χ4v) is 2.61. The van der Waals surface area contributed by atoms with E-state index in [1.54, 1.807) is 11.3 Å². The third-order valence-electron chi connectivity index (χ3n) is 2.82. The van der Waals surface area contributed by atoms with E-state index in [4.69, 9.17) is 4.74 Å². The molecule has 1 aromatic heterocycles. The van der Waals surface area contributed by atoms with E-state index >= 15 is 0 Å². The zero-order valence-electron chi connectivity index (χ0n) is 9.90. The van der Waals surface area contributed by atoms with Crippen molar-refractivity contribution in [1.29, 1.82) is 0 Å². The van der Waals surface area contributed by atoms with Gasteiger partial charge in [0.05, 0.1) is 23.9 Å². The monoisotopic (exact) mass is 241 g/mol. The molecule has 1 aromatic rings. The van der Waals surface area contributed by atoms with Gasteiger partial charge in [-0.05, 0) is 14.0 Å². The summed E-state index contributed by atoms with van der Waals surface area (Å²) in [4.78, 5) is 6.97. The van der Waals surface area contributed by atoms with Crippen molar-refractivity contribution in [3.63, 3.8) is 0 Å². The normalized spacial score (nSPS) is 22.5. The molecule has 0 aliphatic carbocycles. The third kappa shape index (κ3) is 3.01. The highest BCUT2D eigenvalue weighted by Crippen LogP contribution is 2.14. The highest BCUT2D eigenvalue weighted by molar-refractivity contribution is 7.09. The van der Waals surface area contributed by atoms with Gasteiger partial charge in [-0.25, -0.2) is 4.98 Å². The molecule has 2 rings (SSSR count). The van der Waals surface area contributed by atoms with Gasteiger partial charge < -0.3 is 10.1 Å². The zero-order valence-corrected chi connectivity index (χ0v) is 10.7. The van der Waals surface area contributed by atoms with Crippen LogP contribution in [0.1, 0.15) is 10.7 Å². The Morgan fingerprint density at radius 2 is 2.56 bits per heavy atom. The Labute approximate surface area is 101 Å². The zero-order chi connectivity index (χ0) is 11.4. The van der Waals surface area contributed by atoms with Gasteiger partial charge in [-0.2, -0.15) is 0 Å². The summed E-state index contributed by atoms with van der Waals surface area (Å²) in [6.45, 7) is 6.64. The number of nitrogens with one attached hydrogen (secondary N) is 1. The van der Waals surface area contributed by atoms with Gasteiger partial charge in [0.25, 0.3) is 0 Å². The average Bonchev–Trinajstić information content (AvgIpc) is 2.67. The Balaban J connectivity index is 1.95. The molecule has 0 aromatic carbocycles. The van der Waals surface area contributed by atoms with Crippen LogP contribution in [0.25, 0.3) is 0 Å². The van der Waals surface area contributed by atoms with Crippen molar-refractivity contribution in [2.75, 3.05) is 33.4 Å². The molecule has 1 aliphatic rings. The van der Waals surface area contributed by atoms with E-state index < -0.39 is 0 Å². The minimum absolute atomic E-state index is 0.473. The lowest BCUT2D eigenvalue weighted by Gasteiger charge is -2.34. The Morgan fingerprint density at radius 3 is 3.25 bits per heavy atom. The van der Waals surface area contributed by atoms with Gasteiger partial charge >= 0.3 is 0 Å². The molecule has 0 saturated carbocycles. The van der Waals surface area contributed by atoms with Gasteiger partial charge in [-0.1, -0.05) is 0 Å².